The van der Waals surface area contributed by atoms with Crippen LogP contribution < -0.4 is 0 Å². The van der Waals surface area contributed by atoms with Crippen molar-refractivity contribution in [3.05, 3.63) is 35.1 Å². The second-order valence-electron chi connectivity index (χ2n) is 9.14. The summed E-state index contributed by atoms with van der Waals surface area (Å²) in [6, 6.07) is 0. The fraction of sp³-hybridized carbons (Fsp3) is 0.565. The highest BCUT2D eigenvalue weighted by atomic mass is 16.5. The lowest BCUT2D eigenvalue weighted by atomic mass is 9.46. The molecular weight excluding hydrogens is 420 g/mol. The number of Topliss-reactive ketones (excluding diaryl/α,β-unsaturated/α-hetero) is 2. The largest absolute Gasteiger partial charge is 0.507 e. The van der Waals surface area contributed by atoms with E-state index in [4.69, 9.17) is 9.47 Å². The molecule has 174 valence electrons. The molecule has 0 bridgehead atoms. The monoisotopic (exact) mass is 448 g/mol. The Balaban J connectivity index is 2.25. The van der Waals surface area contributed by atoms with E-state index in [9.17, 15) is 34.5 Å². The fourth-order valence-corrected chi connectivity index (χ4v) is 5.93. The molecule has 0 amide bonds. The van der Waals surface area contributed by atoms with Crippen molar-refractivity contribution in [3.63, 3.8) is 0 Å². The van der Waals surface area contributed by atoms with Gasteiger partial charge >= 0.3 is 5.97 Å². The minimum absolute atomic E-state index is 0.0609. The Kier molecular flexibility index (Phi) is 6.19. The van der Waals surface area contributed by atoms with Crippen molar-refractivity contribution in [2.75, 3.05) is 6.61 Å². The first-order valence-electron chi connectivity index (χ1n) is 10.4. The Bertz CT molecular complexity index is 945. The molecule has 0 aromatic rings. The van der Waals surface area contributed by atoms with Crippen LogP contribution in [0, 0.1) is 16.7 Å². The third-order valence-corrected chi connectivity index (χ3v) is 7.26. The van der Waals surface area contributed by atoms with E-state index in [1.807, 2.05) is 0 Å². The van der Waals surface area contributed by atoms with Gasteiger partial charge in [0.15, 0.2) is 0 Å². The van der Waals surface area contributed by atoms with Crippen LogP contribution in [0.25, 0.3) is 0 Å². The Labute approximate surface area is 185 Å². The third-order valence-electron chi connectivity index (χ3n) is 7.26. The van der Waals surface area contributed by atoms with E-state index in [0.29, 0.717) is 0 Å². The highest BCUT2D eigenvalue weighted by molar-refractivity contribution is 6.50. The van der Waals surface area contributed by atoms with Gasteiger partial charge in [0.1, 0.15) is 24.6 Å². The lowest BCUT2D eigenvalue weighted by molar-refractivity contribution is -0.199. The third kappa shape index (κ3) is 3.31. The molecule has 3 N–H and O–H groups in total. The first-order chi connectivity index (χ1) is 15.0. The lowest BCUT2D eigenvalue weighted by Gasteiger charge is -2.59. The van der Waals surface area contributed by atoms with Crippen molar-refractivity contribution < 1.29 is 44.0 Å². The number of carbonyl (C=O) groups excluding carboxylic acids is 4. The number of ether oxygens (including phenoxy) is 2. The van der Waals surface area contributed by atoms with Crippen molar-refractivity contribution in [2.45, 2.75) is 58.3 Å². The van der Waals surface area contributed by atoms with Crippen LogP contribution in [0.5, 0.6) is 0 Å². The molecule has 0 saturated heterocycles. The molecule has 9 nitrogen and oxygen atoms in total. The number of hydrogen-bond donors (Lipinski definition) is 3. The number of carbonyl (C=O) groups is 4. The standard InChI is InChI=1S/C23H28O9/c1-5-6-12-16(26)14-15(19(29)17(12)27)22(3)8-7-13(32-10-24)23(4,9-31-11(2)25)21(22)20(30)18(14)28/h5,10,13,18,20-21,26,28,30H,1,6-9H2,2-4H3. The highest BCUT2D eigenvalue weighted by Gasteiger charge is 2.65. The Morgan fingerprint density at radius 1 is 1.25 bits per heavy atom. The Hall–Kier alpha value is -2.78. The summed E-state index contributed by atoms with van der Waals surface area (Å²) in [4.78, 5) is 48.7. The molecule has 0 heterocycles. The SMILES string of the molecule is C=CCC1=C(O)C2=C(C(=O)C1=O)C1(C)CCC(OC=O)C(C)(COC(C)=O)C1C(O)C2O. The molecule has 3 aliphatic rings. The number of ketones is 2. The van der Waals surface area contributed by atoms with Crippen LogP contribution in [0.4, 0.5) is 0 Å². The molecule has 6 unspecified atom stereocenters. The summed E-state index contributed by atoms with van der Waals surface area (Å²) in [5, 5.41) is 33.0. The lowest BCUT2D eigenvalue weighted by Crippen LogP contribution is -2.65. The molecule has 6 atom stereocenters. The van der Waals surface area contributed by atoms with Gasteiger partial charge in [0.25, 0.3) is 6.47 Å². The number of aliphatic hydroxyl groups excluding tert-OH is 3. The highest BCUT2D eigenvalue weighted by Crippen LogP contribution is 2.61. The van der Waals surface area contributed by atoms with Gasteiger partial charge in [-0.1, -0.05) is 19.9 Å². The normalized spacial score (nSPS) is 36.9. The molecule has 0 aromatic heterocycles. The minimum atomic E-state index is -1.69. The van der Waals surface area contributed by atoms with Gasteiger partial charge in [-0.2, -0.15) is 0 Å². The van der Waals surface area contributed by atoms with E-state index < -0.39 is 58.4 Å². The average molecular weight is 448 g/mol. The van der Waals surface area contributed by atoms with Crippen LogP contribution >= 0.6 is 0 Å². The van der Waals surface area contributed by atoms with E-state index in [1.165, 1.54) is 13.0 Å². The molecule has 1 fully saturated rings. The van der Waals surface area contributed by atoms with E-state index in [1.54, 1.807) is 13.8 Å². The molecule has 0 spiro atoms. The Morgan fingerprint density at radius 3 is 2.47 bits per heavy atom. The Morgan fingerprint density at radius 2 is 1.91 bits per heavy atom. The zero-order valence-corrected chi connectivity index (χ0v) is 18.3. The fourth-order valence-electron chi connectivity index (χ4n) is 5.93. The van der Waals surface area contributed by atoms with E-state index in [2.05, 4.69) is 6.58 Å². The smallest absolute Gasteiger partial charge is 0.302 e. The first-order valence-corrected chi connectivity index (χ1v) is 10.4. The van der Waals surface area contributed by atoms with Gasteiger partial charge in [-0.15, -0.1) is 6.58 Å². The number of rotatable bonds is 6. The number of fused-ring (bicyclic) bond motifs is 2. The summed E-state index contributed by atoms with van der Waals surface area (Å²) in [6.07, 6.45) is -2.23. The van der Waals surface area contributed by atoms with Gasteiger partial charge in [0.05, 0.1) is 6.10 Å². The van der Waals surface area contributed by atoms with Crippen LogP contribution in [0.1, 0.15) is 40.0 Å². The predicted octanol–water partition coefficient (Wildman–Crippen LogP) is 1.09. The van der Waals surface area contributed by atoms with Crippen molar-refractivity contribution in [3.8, 4) is 0 Å². The maximum absolute atomic E-state index is 13.2. The zero-order chi connectivity index (χ0) is 24.0. The second kappa shape index (κ2) is 8.29. The van der Waals surface area contributed by atoms with Crippen LogP contribution in [-0.2, 0) is 28.7 Å². The van der Waals surface area contributed by atoms with Gasteiger partial charge < -0.3 is 24.8 Å². The van der Waals surface area contributed by atoms with Crippen molar-refractivity contribution in [2.24, 2.45) is 16.7 Å². The number of allylic oxidation sites excluding steroid dienone is 3. The van der Waals surface area contributed by atoms with Gasteiger partial charge in [-0.05, 0) is 19.3 Å². The second-order valence-corrected chi connectivity index (χ2v) is 9.14. The van der Waals surface area contributed by atoms with Gasteiger partial charge in [-0.3, -0.25) is 19.2 Å². The van der Waals surface area contributed by atoms with Crippen molar-refractivity contribution >= 4 is 24.0 Å². The van der Waals surface area contributed by atoms with Crippen molar-refractivity contribution in [1.29, 1.82) is 0 Å². The van der Waals surface area contributed by atoms with Gasteiger partial charge in [0.2, 0.25) is 11.6 Å². The average Bonchev–Trinajstić information content (AvgIpc) is 2.73. The van der Waals surface area contributed by atoms with E-state index in [0.717, 1.165) is 0 Å². The molecule has 1 saturated carbocycles. The predicted molar refractivity (Wildman–Crippen MR) is 110 cm³/mol. The first kappa shape index (κ1) is 23.9. The summed E-state index contributed by atoms with van der Waals surface area (Å²) in [7, 11) is 0. The maximum Gasteiger partial charge on any atom is 0.302 e. The van der Waals surface area contributed by atoms with Crippen LogP contribution in [0.15, 0.2) is 35.1 Å². The van der Waals surface area contributed by atoms with Crippen LogP contribution in [-0.4, -0.2) is 64.2 Å². The summed E-state index contributed by atoms with van der Waals surface area (Å²) in [5.41, 5.74) is -2.77. The van der Waals surface area contributed by atoms with Gasteiger partial charge in [-0.25, -0.2) is 0 Å². The number of esters is 1. The summed E-state index contributed by atoms with van der Waals surface area (Å²) < 4.78 is 10.5. The number of hydrogen-bond acceptors (Lipinski definition) is 9. The molecule has 3 aliphatic carbocycles. The molecular formula is C23H28O9. The summed E-state index contributed by atoms with van der Waals surface area (Å²) in [6.45, 7) is 8.06. The summed E-state index contributed by atoms with van der Waals surface area (Å²) >= 11 is 0. The topological polar surface area (TPSA) is 147 Å². The molecule has 0 radical (unpaired) electrons. The summed E-state index contributed by atoms with van der Waals surface area (Å²) in [5.74, 6) is -3.81. The van der Waals surface area contributed by atoms with Crippen molar-refractivity contribution in [1.82, 2.24) is 0 Å². The molecule has 32 heavy (non-hydrogen) atoms. The van der Waals surface area contributed by atoms with E-state index >= 15 is 0 Å². The number of aliphatic hydroxyl groups is 3. The minimum Gasteiger partial charge on any atom is -0.507 e. The molecule has 0 aliphatic heterocycles. The van der Waals surface area contributed by atoms with E-state index in [-0.39, 0.29) is 49.1 Å². The van der Waals surface area contributed by atoms with Gasteiger partial charge in [0, 0.05) is 40.4 Å². The quantitative estimate of drug-likeness (QED) is 0.178. The van der Waals surface area contributed by atoms with Crippen LogP contribution in [0.3, 0.4) is 0 Å². The molecule has 9 heteroatoms. The molecule has 3 rings (SSSR count). The zero-order valence-electron chi connectivity index (χ0n) is 18.3. The molecule has 0 aromatic carbocycles. The maximum atomic E-state index is 13.2. The van der Waals surface area contributed by atoms with Crippen LogP contribution in [0.2, 0.25) is 0 Å².